The van der Waals surface area contributed by atoms with Crippen LogP contribution in [0.2, 0.25) is 5.02 Å². The van der Waals surface area contributed by atoms with E-state index in [1.165, 1.54) is 12.1 Å². The zero-order chi connectivity index (χ0) is 23.5. The van der Waals surface area contributed by atoms with Crippen LogP contribution < -0.4 is 9.47 Å². The second-order valence-electron chi connectivity index (χ2n) is 7.24. The Bertz CT molecular complexity index is 1220. The number of nitrogens with zero attached hydrogens (tertiary/aromatic N) is 2. The Morgan fingerprint density at radius 1 is 0.939 bits per heavy atom. The lowest BCUT2D eigenvalue weighted by molar-refractivity contribution is 0.0696. The first-order valence-corrected chi connectivity index (χ1v) is 10.4. The summed E-state index contributed by atoms with van der Waals surface area (Å²) in [6, 6.07) is 21.0. The van der Waals surface area contributed by atoms with E-state index in [1.54, 1.807) is 31.0 Å². The molecule has 4 aromatic rings. The van der Waals surface area contributed by atoms with Gasteiger partial charge in [-0.3, -0.25) is 0 Å². The van der Waals surface area contributed by atoms with Gasteiger partial charge < -0.3 is 19.7 Å². The predicted molar refractivity (Wildman–Crippen MR) is 125 cm³/mol. The zero-order valence-electron chi connectivity index (χ0n) is 17.9. The molecule has 1 heterocycles. The van der Waals surface area contributed by atoms with E-state index in [0.717, 1.165) is 22.7 Å². The van der Waals surface area contributed by atoms with Gasteiger partial charge in [0.2, 0.25) is 0 Å². The van der Waals surface area contributed by atoms with E-state index in [1.807, 2.05) is 48.5 Å². The number of carbonyl (C=O) groups is 1. The maximum atomic E-state index is 11.5. The summed E-state index contributed by atoms with van der Waals surface area (Å²) in [5.74, 6) is 0.258. The van der Waals surface area contributed by atoms with Crippen LogP contribution in [0.5, 0.6) is 11.5 Å². The number of ether oxygens (including phenoxy) is 2. The van der Waals surface area contributed by atoms with Gasteiger partial charge >= 0.3 is 5.97 Å². The highest BCUT2D eigenvalue weighted by Crippen LogP contribution is 2.31. The predicted octanol–water partition coefficient (Wildman–Crippen LogP) is 4.99. The number of halogens is 1. The first-order valence-electron chi connectivity index (χ1n) is 10.0. The smallest absolute Gasteiger partial charge is 0.337 e. The fraction of sp³-hybridized carbons (Fsp3) is 0.120. The maximum absolute atomic E-state index is 11.5. The minimum Gasteiger partial charge on any atom is -0.497 e. The molecule has 33 heavy (non-hydrogen) atoms. The number of hydrogen-bond acceptors (Lipinski definition) is 5. The van der Waals surface area contributed by atoms with Gasteiger partial charge in [0.05, 0.1) is 41.9 Å². The molecule has 0 radical (unpaired) electrons. The molecule has 3 aromatic carbocycles. The van der Waals surface area contributed by atoms with E-state index in [2.05, 4.69) is 5.10 Å². The number of methoxy groups -OCH3 is 2. The fourth-order valence-corrected chi connectivity index (χ4v) is 3.67. The van der Waals surface area contributed by atoms with Crippen molar-refractivity contribution in [3.63, 3.8) is 0 Å². The highest BCUT2D eigenvalue weighted by Gasteiger charge is 2.21. The second-order valence-corrected chi connectivity index (χ2v) is 7.65. The van der Waals surface area contributed by atoms with Gasteiger partial charge in [-0.15, -0.1) is 0 Å². The number of aliphatic hydroxyl groups is 1. The number of aliphatic hydroxyl groups excluding tert-OH is 1. The van der Waals surface area contributed by atoms with Crippen LogP contribution in [0.15, 0.2) is 72.8 Å². The molecule has 0 aliphatic carbocycles. The summed E-state index contributed by atoms with van der Waals surface area (Å²) in [5.41, 5.74) is 3.01. The number of hydrogen-bond donors (Lipinski definition) is 2. The Balaban J connectivity index is 1.81. The van der Waals surface area contributed by atoms with Crippen molar-refractivity contribution in [1.82, 2.24) is 9.78 Å². The van der Waals surface area contributed by atoms with Gasteiger partial charge in [-0.2, -0.15) is 5.10 Å². The molecule has 0 amide bonds. The minimum absolute atomic E-state index is 0.0850. The molecular weight excluding hydrogens is 444 g/mol. The lowest BCUT2D eigenvalue weighted by Crippen LogP contribution is -2.05. The Labute approximate surface area is 195 Å². The highest BCUT2D eigenvalue weighted by atomic mass is 35.5. The van der Waals surface area contributed by atoms with Crippen LogP contribution in [0.4, 0.5) is 0 Å². The molecule has 1 unspecified atom stereocenters. The lowest BCUT2D eigenvalue weighted by atomic mass is 10.0. The van der Waals surface area contributed by atoms with Crippen molar-refractivity contribution in [2.24, 2.45) is 0 Å². The quantitative estimate of drug-likeness (QED) is 0.400. The van der Waals surface area contributed by atoms with Crippen molar-refractivity contribution in [3.05, 3.63) is 94.6 Å². The van der Waals surface area contributed by atoms with Gasteiger partial charge in [-0.25, -0.2) is 9.48 Å². The van der Waals surface area contributed by atoms with Gasteiger partial charge in [-0.05, 0) is 72.3 Å². The number of benzene rings is 3. The average Bonchev–Trinajstić information content (AvgIpc) is 3.29. The van der Waals surface area contributed by atoms with Crippen LogP contribution in [0, 0.1) is 0 Å². The van der Waals surface area contributed by atoms with E-state index in [0.29, 0.717) is 17.0 Å². The summed E-state index contributed by atoms with van der Waals surface area (Å²) in [7, 11) is 3.19. The van der Waals surface area contributed by atoms with E-state index < -0.39 is 12.1 Å². The molecule has 0 saturated heterocycles. The third-order valence-corrected chi connectivity index (χ3v) is 5.58. The number of aromatic carboxylic acids is 1. The molecule has 1 aromatic heterocycles. The van der Waals surface area contributed by atoms with E-state index >= 15 is 0 Å². The zero-order valence-corrected chi connectivity index (χ0v) is 18.7. The lowest BCUT2D eigenvalue weighted by Gasteiger charge is -2.10. The summed E-state index contributed by atoms with van der Waals surface area (Å²) in [6.07, 6.45) is -1.16. The van der Waals surface area contributed by atoms with E-state index in [-0.39, 0.29) is 10.6 Å². The summed E-state index contributed by atoms with van der Waals surface area (Å²) < 4.78 is 12.2. The van der Waals surface area contributed by atoms with Gasteiger partial charge in [0.15, 0.2) is 0 Å². The van der Waals surface area contributed by atoms with Crippen molar-refractivity contribution < 1.29 is 24.5 Å². The molecular formula is C25H21ClN2O5. The van der Waals surface area contributed by atoms with Crippen molar-refractivity contribution in [2.75, 3.05) is 14.2 Å². The third-order valence-electron chi connectivity index (χ3n) is 5.25. The number of rotatable bonds is 7. The van der Waals surface area contributed by atoms with Gasteiger partial charge in [0.1, 0.15) is 17.6 Å². The van der Waals surface area contributed by atoms with Gasteiger partial charge in [0, 0.05) is 5.56 Å². The largest absolute Gasteiger partial charge is 0.497 e. The number of carboxylic acid groups (broad SMARTS) is 1. The summed E-state index contributed by atoms with van der Waals surface area (Å²) in [4.78, 5) is 11.5. The normalized spacial score (nSPS) is 11.8. The molecule has 8 heteroatoms. The molecule has 0 aliphatic rings. The molecule has 0 spiro atoms. The van der Waals surface area contributed by atoms with Crippen LogP contribution in [-0.4, -0.2) is 40.2 Å². The van der Waals surface area contributed by atoms with Crippen LogP contribution in [0.3, 0.4) is 0 Å². The monoisotopic (exact) mass is 464 g/mol. The van der Waals surface area contributed by atoms with Crippen LogP contribution in [0.1, 0.15) is 27.7 Å². The topological polar surface area (TPSA) is 93.8 Å². The molecule has 0 aliphatic heterocycles. The summed E-state index contributed by atoms with van der Waals surface area (Å²) in [6.45, 7) is 0. The Morgan fingerprint density at radius 3 is 2.12 bits per heavy atom. The number of carboxylic acids is 1. The average molecular weight is 465 g/mol. The standard InChI is InChI=1S/C25H21ClN2O5/c1-32-18-8-3-15(4-9-18)23-14-22(27-28(23)17-6-10-19(33-2)11-7-17)24(29)16-5-12-21(26)20(13-16)25(30)31/h3-14,24,29H,1-2H3,(H,30,31). The van der Waals surface area contributed by atoms with Crippen molar-refractivity contribution >= 4 is 17.6 Å². The van der Waals surface area contributed by atoms with Crippen LogP contribution in [-0.2, 0) is 0 Å². The molecule has 1 atom stereocenters. The first-order chi connectivity index (χ1) is 15.9. The summed E-state index contributed by atoms with van der Waals surface area (Å²) in [5, 5.41) is 25.1. The molecule has 2 N–H and O–H groups in total. The van der Waals surface area contributed by atoms with Crippen LogP contribution >= 0.6 is 11.6 Å². The van der Waals surface area contributed by atoms with E-state index in [4.69, 9.17) is 21.1 Å². The number of aromatic nitrogens is 2. The maximum Gasteiger partial charge on any atom is 0.337 e. The molecule has 0 saturated carbocycles. The SMILES string of the molecule is COc1ccc(-c2cc(C(O)c3ccc(Cl)c(C(=O)O)c3)nn2-c2ccc(OC)cc2)cc1. The van der Waals surface area contributed by atoms with Crippen molar-refractivity contribution in [2.45, 2.75) is 6.10 Å². The molecule has 168 valence electrons. The van der Waals surface area contributed by atoms with Gasteiger partial charge in [-0.1, -0.05) is 17.7 Å². The van der Waals surface area contributed by atoms with Crippen molar-refractivity contribution in [1.29, 1.82) is 0 Å². The molecule has 0 fully saturated rings. The minimum atomic E-state index is -1.17. The first kappa shape index (κ1) is 22.4. The highest BCUT2D eigenvalue weighted by molar-refractivity contribution is 6.33. The second kappa shape index (κ2) is 9.36. The van der Waals surface area contributed by atoms with E-state index in [9.17, 15) is 15.0 Å². The molecule has 4 rings (SSSR count). The van der Waals surface area contributed by atoms with Crippen molar-refractivity contribution in [3.8, 4) is 28.4 Å². The summed E-state index contributed by atoms with van der Waals surface area (Å²) >= 11 is 5.98. The molecule has 7 nitrogen and oxygen atoms in total. The van der Waals surface area contributed by atoms with Crippen LogP contribution in [0.25, 0.3) is 16.9 Å². The van der Waals surface area contributed by atoms with Gasteiger partial charge in [0.25, 0.3) is 0 Å². The third kappa shape index (κ3) is 4.55. The Morgan fingerprint density at radius 2 is 1.55 bits per heavy atom. The molecule has 0 bridgehead atoms. The fourth-order valence-electron chi connectivity index (χ4n) is 3.47. The Hall–Kier alpha value is -3.81. The Kier molecular flexibility index (Phi) is 6.35.